The average molecular weight is 376 g/mol. The molecule has 0 heterocycles. The summed E-state index contributed by atoms with van der Waals surface area (Å²) in [5.74, 6) is -2.13. The van der Waals surface area contributed by atoms with Crippen LogP contribution in [0.1, 0.15) is 21.5 Å². The van der Waals surface area contributed by atoms with Crippen LogP contribution in [0.4, 0.5) is 8.78 Å². The second-order valence-electron chi connectivity index (χ2n) is 4.38. The molecule has 0 bridgehead atoms. The lowest BCUT2D eigenvalue weighted by Gasteiger charge is -2.11. The van der Waals surface area contributed by atoms with Crippen molar-refractivity contribution in [3.05, 3.63) is 62.1 Å². The van der Waals surface area contributed by atoms with Crippen molar-refractivity contribution in [2.24, 2.45) is 0 Å². The topological polar surface area (TPSA) is 26.3 Å². The molecule has 0 fully saturated rings. The molecule has 0 aliphatic heterocycles. The van der Waals surface area contributed by atoms with Crippen LogP contribution >= 0.6 is 27.5 Å². The molecule has 0 radical (unpaired) electrons. The van der Waals surface area contributed by atoms with E-state index in [4.69, 9.17) is 16.3 Å². The predicted octanol–water partition coefficient (Wildman–Crippen LogP) is 4.93. The molecule has 0 atom stereocenters. The lowest BCUT2D eigenvalue weighted by Crippen LogP contribution is -2.08. The smallest absolute Gasteiger partial charge is 0.199 e. The Kier molecular flexibility index (Phi) is 4.64. The number of carbonyl (C=O) groups is 1. The predicted molar refractivity (Wildman–Crippen MR) is 80.2 cm³/mol. The molecule has 21 heavy (non-hydrogen) atoms. The summed E-state index contributed by atoms with van der Waals surface area (Å²) >= 11 is 8.78. The number of methoxy groups -OCH3 is 1. The number of hydrogen-bond acceptors (Lipinski definition) is 2. The number of halogens is 4. The zero-order valence-electron chi connectivity index (χ0n) is 11.1. The van der Waals surface area contributed by atoms with Crippen LogP contribution in [0, 0.1) is 18.6 Å². The van der Waals surface area contributed by atoms with Crippen molar-refractivity contribution in [1.29, 1.82) is 0 Å². The first-order valence-electron chi connectivity index (χ1n) is 5.88. The lowest BCUT2D eigenvalue weighted by atomic mass is 10.0. The van der Waals surface area contributed by atoms with E-state index in [9.17, 15) is 13.6 Å². The van der Waals surface area contributed by atoms with E-state index in [1.807, 2.05) is 6.92 Å². The van der Waals surface area contributed by atoms with Gasteiger partial charge < -0.3 is 4.74 Å². The summed E-state index contributed by atoms with van der Waals surface area (Å²) in [4.78, 5) is 12.4. The second kappa shape index (κ2) is 6.12. The first kappa shape index (κ1) is 15.9. The fourth-order valence-corrected chi connectivity index (χ4v) is 2.34. The third-order valence-corrected chi connectivity index (χ3v) is 4.12. The summed E-state index contributed by atoms with van der Waals surface area (Å²) in [7, 11) is 1.40. The standard InChI is InChI=1S/C15H10BrClF2O2/c1-7-3-14(21-2)9(4-10(7)16)15(20)8-5-13(19)11(17)6-12(8)18/h3-6H,1-2H3. The first-order valence-corrected chi connectivity index (χ1v) is 7.05. The molecule has 110 valence electrons. The van der Waals surface area contributed by atoms with E-state index in [2.05, 4.69) is 15.9 Å². The molecule has 2 aromatic rings. The Labute approximate surface area is 133 Å². The van der Waals surface area contributed by atoms with Gasteiger partial charge >= 0.3 is 0 Å². The molecule has 2 rings (SSSR count). The minimum Gasteiger partial charge on any atom is -0.496 e. The Balaban J connectivity index is 2.60. The number of hydrogen-bond donors (Lipinski definition) is 0. The van der Waals surface area contributed by atoms with E-state index < -0.39 is 23.0 Å². The average Bonchev–Trinajstić information content (AvgIpc) is 2.44. The monoisotopic (exact) mass is 374 g/mol. The number of ether oxygens (including phenoxy) is 1. The van der Waals surface area contributed by atoms with Gasteiger partial charge in [-0.15, -0.1) is 0 Å². The highest BCUT2D eigenvalue weighted by Gasteiger charge is 2.21. The summed E-state index contributed by atoms with van der Waals surface area (Å²) in [6.45, 7) is 1.82. The van der Waals surface area contributed by atoms with Crippen LogP contribution in [0.15, 0.2) is 28.7 Å². The fourth-order valence-electron chi connectivity index (χ4n) is 1.84. The van der Waals surface area contributed by atoms with E-state index in [-0.39, 0.29) is 16.3 Å². The largest absolute Gasteiger partial charge is 0.496 e. The van der Waals surface area contributed by atoms with E-state index in [0.29, 0.717) is 4.47 Å². The van der Waals surface area contributed by atoms with Crippen LogP contribution in [0.3, 0.4) is 0 Å². The molecular weight excluding hydrogens is 366 g/mol. The van der Waals surface area contributed by atoms with Crippen LogP contribution in [0.25, 0.3) is 0 Å². The van der Waals surface area contributed by atoms with Gasteiger partial charge in [-0.1, -0.05) is 27.5 Å². The molecule has 0 unspecified atom stereocenters. The summed E-state index contributed by atoms with van der Waals surface area (Å²) < 4.78 is 33.1. The highest BCUT2D eigenvalue weighted by atomic mass is 79.9. The Morgan fingerprint density at radius 2 is 1.81 bits per heavy atom. The van der Waals surface area contributed by atoms with E-state index in [0.717, 1.165) is 17.7 Å². The molecular formula is C15H10BrClF2O2. The SMILES string of the molecule is COc1cc(C)c(Br)cc1C(=O)c1cc(F)c(Cl)cc1F. The van der Waals surface area contributed by atoms with Crippen molar-refractivity contribution in [2.75, 3.05) is 7.11 Å². The van der Waals surface area contributed by atoms with Gasteiger partial charge in [0.1, 0.15) is 17.4 Å². The van der Waals surface area contributed by atoms with Crippen LogP contribution in [-0.2, 0) is 0 Å². The van der Waals surface area contributed by atoms with Crippen molar-refractivity contribution in [3.63, 3.8) is 0 Å². The Bertz CT molecular complexity index is 732. The van der Waals surface area contributed by atoms with Crippen molar-refractivity contribution < 1.29 is 18.3 Å². The Morgan fingerprint density at radius 1 is 1.14 bits per heavy atom. The molecule has 6 heteroatoms. The van der Waals surface area contributed by atoms with Gasteiger partial charge in [0.25, 0.3) is 0 Å². The molecule has 2 nitrogen and oxygen atoms in total. The molecule has 0 saturated heterocycles. The van der Waals surface area contributed by atoms with Crippen molar-refractivity contribution in [2.45, 2.75) is 6.92 Å². The Morgan fingerprint density at radius 3 is 2.43 bits per heavy atom. The van der Waals surface area contributed by atoms with Crippen molar-refractivity contribution in [1.82, 2.24) is 0 Å². The molecule has 0 N–H and O–H groups in total. The summed E-state index contributed by atoms with van der Waals surface area (Å²) in [6, 6.07) is 4.72. The third kappa shape index (κ3) is 3.09. The number of ketones is 1. The lowest BCUT2D eigenvalue weighted by molar-refractivity contribution is 0.103. The van der Waals surface area contributed by atoms with Crippen molar-refractivity contribution in [3.8, 4) is 5.75 Å². The second-order valence-corrected chi connectivity index (χ2v) is 5.64. The number of carbonyl (C=O) groups excluding carboxylic acids is 1. The van der Waals surface area contributed by atoms with E-state index in [1.165, 1.54) is 13.2 Å². The first-order chi connectivity index (χ1) is 9.85. The molecule has 0 saturated carbocycles. The van der Waals surface area contributed by atoms with Gasteiger partial charge in [0.15, 0.2) is 5.78 Å². The molecule has 0 amide bonds. The molecule has 0 aliphatic carbocycles. The maximum Gasteiger partial charge on any atom is 0.199 e. The zero-order chi connectivity index (χ0) is 15.7. The maximum atomic E-state index is 13.9. The van der Waals surface area contributed by atoms with Crippen LogP contribution in [0.5, 0.6) is 5.75 Å². The van der Waals surface area contributed by atoms with Gasteiger partial charge in [0, 0.05) is 4.47 Å². The van der Waals surface area contributed by atoms with Gasteiger partial charge in [0.05, 0.1) is 23.3 Å². The number of aryl methyl sites for hydroxylation is 1. The normalized spacial score (nSPS) is 10.6. The maximum absolute atomic E-state index is 13.9. The summed E-state index contributed by atoms with van der Waals surface area (Å²) in [5, 5.41) is -0.374. The van der Waals surface area contributed by atoms with E-state index >= 15 is 0 Å². The van der Waals surface area contributed by atoms with Gasteiger partial charge in [0.2, 0.25) is 0 Å². The minimum absolute atomic E-state index is 0.135. The molecule has 2 aromatic carbocycles. The molecule has 0 aromatic heterocycles. The molecule has 0 aliphatic rings. The highest BCUT2D eigenvalue weighted by molar-refractivity contribution is 9.10. The molecule has 0 spiro atoms. The third-order valence-electron chi connectivity index (χ3n) is 2.98. The zero-order valence-corrected chi connectivity index (χ0v) is 13.5. The van der Waals surface area contributed by atoms with Gasteiger partial charge in [-0.05, 0) is 36.8 Å². The minimum atomic E-state index is -0.884. The van der Waals surface area contributed by atoms with Crippen LogP contribution in [0.2, 0.25) is 5.02 Å². The Hall–Kier alpha value is -1.46. The number of rotatable bonds is 3. The highest BCUT2D eigenvalue weighted by Crippen LogP contribution is 2.30. The summed E-state index contributed by atoms with van der Waals surface area (Å²) in [6.07, 6.45) is 0. The fraction of sp³-hybridized carbons (Fsp3) is 0.133. The van der Waals surface area contributed by atoms with Crippen molar-refractivity contribution >= 4 is 33.3 Å². The van der Waals surface area contributed by atoms with Crippen LogP contribution in [-0.4, -0.2) is 12.9 Å². The van der Waals surface area contributed by atoms with Crippen LogP contribution < -0.4 is 4.74 Å². The summed E-state index contributed by atoms with van der Waals surface area (Å²) in [5.41, 5.74) is 0.590. The van der Waals surface area contributed by atoms with E-state index in [1.54, 1.807) is 6.07 Å². The van der Waals surface area contributed by atoms with Gasteiger partial charge in [-0.2, -0.15) is 0 Å². The van der Waals surface area contributed by atoms with Gasteiger partial charge in [-0.3, -0.25) is 4.79 Å². The van der Waals surface area contributed by atoms with Gasteiger partial charge in [-0.25, -0.2) is 8.78 Å². The number of benzene rings is 2. The quantitative estimate of drug-likeness (QED) is 0.562.